The highest BCUT2D eigenvalue weighted by Gasteiger charge is 2.18. The Kier molecular flexibility index (Phi) is 3.61. The van der Waals surface area contributed by atoms with Gasteiger partial charge in [-0.2, -0.15) is 5.10 Å². The summed E-state index contributed by atoms with van der Waals surface area (Å²) in [4.78, 5) is 0. The van der Waals surface area contributed by atoms with E-state index >= 15 is 0 Å². The van der Waals surface area contributed by atoms with E-state index in [1.807, 2.05) is 18.7 Å². The quantitative estimate of drug-likeness (QED) is 0.740. The molecule has 2 rings (SSSR count). The smallest absolute Gasteiger partial charge is 0.0826 e. The summed E-state index contributed by atoms with van der Waals surface area (Å²) in [5.74, 6) is 0. The molecule has 1 heterocycles. The molecule has 0 N–H and O–H groups in total. The highest BCUT2D eigenvalue weighted by atomic mass is 79.9. The fourth-order valence-corrected chi connectivity index (χ4v) is 2.87. The zero-order valence-electron chi connectivity index (χ0n) is 12.5. The first-order valence-corrected chi connectivity index (χ1v) is 7.31. The summed E-state index contributed by atoms with van der Waals surface area (Å²) < 4.78 is 3.03. The summed E-state index contributed by atoms with van der Waals surface area (Å²) >= 11 is 3.65. The Hall–Kier alpha value is -1.09. The monoisotopic (exact) mass is 320 g/mol. The van der Waals surface area contributed by atoms with Gasteiger partial charge in [0.2, 0.25) is 0 Å². The fraction of sp³-hybridized carbons (Fsp3) is 0.438. The Bertz CT molecular complexity index is 618. The second kappa shape index (κ2) is 4.78. The molecule has 0 amide bonds. The summed E-state index contributed by atoms with van der Waals surface area (Å²) in [6.45, 7) is 10.9. The number of benzene rings is 1. The van der Waals surface area contributed by atoms with E-state index in [1.165, 1.54) is 16.7 Å². The van der Waals surface area contributed by atoms with Gasteiger partial charge in [-0.15, -0.1) is 0 Å². The van der Waals surface area contributed by atoms with Crippen molar-refractivity contribution in [1.29, 1.82) is 0 Å². The van der Waals surface area contributed by atoms with E-state index in [-0.39, 0.29) is 5.41 Å². The first-order valence-electron chi connectivity index (χ1n) is 6.52. The summed E-state index contributed by atoms with van der Waals surface area (Å²) in [7, 11) is 1.99. The van der Waals surface area contributed by atoms with E-state index in [0.717, 1.165) is 15.9 Å². The molecule has 0 radical (unpaired) electrons. The predicted octanol–water partition coefficient (Wildman–Crippen LogP) is 4.76. The number of aromatic nitrogens is 2. The van der Waals surface area contributed by atoms with Crippen LogP contribution in [0.1, 0.15) is 37.6 Å². The average Bonchev–Trinajstić information content (AvgIpc) is 2.53. The van der Waals surface area contributed by atoms with Crippen molar-refractivity contribution in [3.63, 3.8) is 0 Å². The van der Waals surface area contributed by atoms with Gasteiger partial charge in [0.25, 0.3) is 0 Å². The van der Waals surface area contributed by atoms with Crippen molar-refractivity contribution in [1.82, 2.24) is 9.78 Å². The molecule has 0 spiro atoms. The Balaban J connectivity index is 2.59. The van der Waals surface area contributed by atoms with Gasteiger partial charge < -0.3 is 0 Å². The normalized spacial score (nSPS) is 11.9. The maximum absolute atomic E-state index is 4.47. The molecule has 1 aromatic carbocycles. The molecular formula is C16H21BrN2. The van der Waals surface area contributed by atoms with Gasteiger partial charge in [-0.3, -0.25) is 4.68 Å². The van der Waals surface area contributed by atoms with Gasteiger partial charge >= 0.3 is 0 Å². The molecule has 2 nitrogen and oxygen atoms in total. The minimum Gasteiger partial charge on any atom is -0.266 e. The summed E-state index contributed by atoms with van der Waals surface area (Å²) in [6, 6.07) is 6.71. The molecule has 0 unspecified atom stereocenters. The summed E-state index contributed by atoms with van der Waals surface area (Å²) in [5.41, 5.74) is 6.25. The molecule has 0 saturated heterocycles. The molecule has 0 saturated carbocycles. The van der Waals surface area contributed by atoms with Crippen LogP contribution < -0.4 is 0 Å². The van der Waals surface area contributed by atoms with Gasteiger partial charge in [-0.1, -0.05) is 39.0 Å². The molecule has 102 valence electrons. The average molecular weight is 321 g/mol. The van der Waals surface area contributed by atoms with Gasteiger partial charge in [0.1, 0.15) is 0 Å². The first-order chi connectivity index (χ1) is 8.71. The minimum atomic E-state index is 0.183. The summed E-state index contributed by atoms with van der Waals surface area (Å²) in [6.07, 6.45) is 0. The molecule has 0 atom stereocenters. The lowest BCUT2D eigenvalue weighted by atomic mass is 9.85. The molecule has 0 aliphatic heterocycles. The third-order valence-electron chi connectivity index (χ3n) is 3.50. The van der Waals surface area contributed by atoms with Crippen LogP contribution in [0.4, 0.5) is 0 Å². The Morgan fingerprint density at radius 3 is 2.21 bits per heavy atom. The lowest BCUT2D eigenvalue weighted by Crippen LogP contribution is -2.11. The van der Waals surface area contributed by atoms with Gasteiger partial charge in [0.05, 0.1) is 15.9 Å². The summed E-state index contributed by atoms with van der Waals surface area (Å²) in [5, 5.41) is 4.47. The molecule has 19 heavy (non-hydrogen) atoms. The van der Waals surface area contributed by atoms with Crippen LogP contribution >= 0.6 is 15.9 Å². The molecule has 3 heteroatoms. The van der Waals surface area contributed by atoms with Gasteiger partial charge in [-0.05, 0) is 46.3 Å². The first kappa shape index (κ1) is 14.3. The van der Waals surface area contributed by atoms with Crippen LogP contribution in [0.5, 0.6) is 0 Å². The van der Waals surface area contributed by atoms with E-state index in [0.29, 0.717) is 0 Å². The largest absolute Gasteiger partial charge is 0.266 e. The van der Waals surface area contributed by atoms with Crippen LogP contribution in [0.25, 0.3) is 11.3 Å². The van der Waals surface area contributed by atoms with Crippen molar-refractivity contribution >= 4 is 15.9 Å². The van der Waals surface area contributed by atoms with Crippen LogP contribution in [-0.4, -0.2) is 9.78 Å². The number of hydrogen-bond acceptors (Lipinski definition) is 1. The lowest BCUT2D eigenvalue weighted by Gasteiger charge is -2.20. The zero-order valence-corrected chi connectivity index (χ0v) is 14.1. The zero-order chi connectivity index (χ0) is 14.4. The van der Waals surface area contributed by atoms with Gasteiger partial charge in [0.15, 0.2) is 0 Å². The van der Waals surface area contributed by atoms with Crippen LogP contribution in [0.2, 0.25) is 0 Å². The van der Waals surface area contributed by atoms with Crippen molar-refractivity contribution in [3.05, 3.63) is 39.5 Å². The van der Waals surface area contributed by atoms with Crippen LogP contribution in [0.3, 0.4) is 0 Å². The SMILES string of the molecule is Cc1cc(C(C)(C)C)ccc1-c1c(Br)c(C)nn1C. The number of halogens is 1. The third kappa shape index (κ3) is 2.62. The van der Waals surface area contributed by atoms with Gasteiger partial charge in [-0.25, -0.2) is 0 Å². The number of nitrogens with zero attached hydrogens (tertiary/aromatic N) is 2. The standard InChI is InChI=1S/C16H21BrN2/c1-10-9-12(16(3,4)5)7-8-13(10)15-14(17)11(2)18-19(15)6/h7-9H,1-6H3. The number of hydrogen-bond donors (Lipinski definition) is 0. The van der Waals surface area contributed by atoms with Crippen molar-refractivity contribution in [2.45, 2.75) is 40.0 Å². The Labute approximate surface area is 124 Å². The maximum Gasteiger partial charge on any atom is 0.0826 e. The Morgan fingerprint density at radius 2 is 1.79 bits per heavy atom. The van der Waals surface area contributed by atoms with E-state index in [4.69, 9.17) is 0 Å². The van der Waals surface area contributed by atoms with Crippen LogP contribution in [0, 0.1) is 13.8 Å². The van der Waals surface area contributed by atoms with E-state index in [9.17, 15) is 0 Å². The molecule has 0 fully saturated rings. The molecule has 1 aromatic heterocycles. The predicted molar refractivity (Wildman–Crippen MR) is 84.5 cm³/mol. The maximum atomic E-state index is 4.47. The molecule has 0 aliphatic rings. The van der Waals surface area contributed by atoms with E-state index in [1.54, 1.807) is 0 Å². The highest BCUT2D eigenvalue weighted by molar-refractivity contribution is 9.10. The second-order valence-electron chi connectivity index (χ2n) is 6.15. The van der Waals surface area contributed by atoms with Crippen LogP contribution in [0.15, 0.2) is 22.7 Å². The minimum absolute atomic E-state index is 0.183. The van der Waals surface area contributed by atoms with Crippen molar-refractivity contribution in [2.24, 2.45) is 7.05 Å². The third-order valence-corrected chi connectivity index (χ3v) is 4.45. The molecule has 0 aliphatic carbocycles. The van der Waals surface area contributed by atoms with Crippen molar-refractivity contribution < 1.29 is 0 Å². The van der Waals surface area contributed by atoms with E-state index in [2.05, 4.69) is 66.9 Å². The molecule has 0 bridgehead atoms. The fourth-order valence-electron chi connectivity index (χ4n) is 2.32. The molecular weight excluding hydrogens is 300 g/mol. The number of rotatable bonds is 1. The number of aryl methyl sites for hydroxylation is 3. The van der Waals surface area contributed by atoms with E-state index < -0.39 is 0 Å². The highest BCUT2D eigenvalue weighted by Crippen LogP contribution is 2.34. The van der Waals surface area contributed by atoms with Crippen LogP contribution in [-0.2, 0) is 12.5 Å². The lowest BCUT2D eigenvalue weighted by molar-refractivity contribution is 0.590. The molecule has 2 aromatic rings. The van der Waals surface area contributed by atoms with Gasteiger partial charge in [0, 0.05) is 12.6 Å². The van der Waals surface area contributed by atoms with Crippen molar-refractivity contribution in [3.8, 4) is 11.3 Å². The Morgan fingerprint density at radius 1 is 1.16 bits per heavy atom. The topological polar surface area (TPSA) is 17.8 Å². The second-order valence-corrected chi connectivity index (χ2v) is 6.94. The van der Waals surface area contributed by atoms with Crippen molar-refractivity contribution in [2.75, 3.05) is 0 Å².